The van der Waals surface area contributed by atoms with Crippen molar-refractivity contribution in [2.45, 2.75) is 18.9 Å². The van der Waals surface area contributed by atoms with Gasteiger partial charge >= 0.3 is 12.0 Å². The van der Waals surface area contributed by atoms with Crippen molar-refractivity contribution in [1.82, 2.24) is 10.6 Å². The molecule has 1 unspecified atom stereocenters. The number of carbonyl (C=O) groups excluding carboxylic acids is 1. The number of rotatable bonds is 9. The third-order valence-electron chi connectivity index (χ3n) is 1.93. The Kier molecular flexibility index (Phi) is 8.23. The highest BCUT2D eigenvalue weighted by Crippen LogP contribution is 2.07. The van der Waals surface area contributed by atoms with E-state index in [4.69, 9.17) is 5.11 Å². The van der Waals surface area contributed by atoms with Crippen molar-refractivity contribution in [2.24, 2.45) is 0 Å². The topological polar surface area (TPSA) is 98.7 Å². The average molecular weight is 276 g/mol. The Morgan fingerprint density at radius 3 is 2.67 bits per heavy atom. The normalized spacial score (nSPS) is 13.4. The van der Waals surface area contributed by atoms with Gasteiger partial charge in [0.25, 0.3) is 0 Å². The average Bonchev–Trinajstić information content (AvgIpc) is 2.24. The number of aliphatic hydroxyl groups is 1. The fraction of sp³-hybridized carbons (Fsp3) is 0.636. The zero-order valence-corrected chi connectivity index (χ0v) is 11.3. The Labute approximate surface area is 111 Å². The van der Waals surface area contributed by atoms with Gasteiger partial charge in [0, 0.05) is 24.6 Å². The van der Waals surface area contributed by atoms with Crippen LogP contribution < -0.4 is 10.6 Å². The van der Waals surface area contributed by atoms with E-state index in [9.17, 15) is 14.7 Å². The van der Waals surface area contributed by atoms with E-state index < -0.39 is 24.0 Å². The predicted molar refractivity (Wildman–Crippen MR) is 71.8 cm³/mol. The van der Waals surface area contributed by atoms with Crippen molar-refractivity contribution < 1.29 is 19.8 Å². The minimum Gasteiger partial charge on any atom is -0.481 e. The number of urea groups is 1. The first-order valence-corrected chi connectivity index (χ1v) is 6.67. The molecule has 104 valence electrons. The number of nitrogens with one attached hydrogen (secondary N) is 2. The predicted octanol–water partition coefficient (Wildman–Crippen LogP) is 0.430. The van der Waals surface area contributed by atoms with Crippen molar-refractivity contribution in [3.63, 3.8) is 0 Å². The molecule has 18 heavy (non-hydrogen) atoms. The summed E-state index contributed by atoms with van der Waals surface area (Å²) in [5, 5.41) is 23.2. The summed E-state index contributed by atoms with van der Waals surface area (Å²) in [5.74, 6) is 0.490. The van der Waals surface area contributed by atoms with Crippen LogP contribution in [-0.2, 0) is 4.79 Å². The van der Waals surface area contributed by atoms with Gasteiger partial charge in [-0.1, -0.05) is 6.08 Å². The first kappa shape index (κ1) is 16.8. The molecular weight excluding hydrogens is 256 g/mol. The maximum atomic E-state index is 11.3. The molecule has 0 spiro atoms. The second-order valence-corrected chi connectivity index (χ2v) is 5.19. The van der Waals surface area contributed by atoms with Crippen molar-refractivity contribution >= 4 is 23.8 Å². The lowest BCUT2D eigenvalue weighted by Crippen LogP contribution is -2.46. The van der Waals surface area contributed by atoms with Crippen LogP contribution in [0.25, 0.3) is 0 Å². The monoisotopic (exact) mass is 276 g/mol. The number of amides is 2. The summed E-state index contributed by atoms with van der Waals surface area (Å²) < 4.78 is 0. The van der Waals surface area contributed by atoms with E-state index in [1.165, 1.54) is 6.92 Å². The van der Waals surface area contributed by atoms with E-state index in [1.807, 2.05) is 0 Å². The van der Waals surface area contributed by atoms with Crippen LogP contribution >= 0.6 is 11.8 Å². The SMILES string of the molecule is C=CCSCCNC(=O)NCC(C)(O)CC(=O)O. The number of carbonyl (C=O) groups is 2. The Morgan fingerprint density at radius 1 is 1.44 bits per heavy atom. The fourth-order valence-electron chi connectivity index (χ4n) is 1.12. The molecule has 0 rings (SSSR count). The summed E-state index contributed by atoms with van der Waals surface area (Å²) in [4.78, 5) is 21.7. The number of hydrogen-bond acceptors (Lipinski definition) is 4. The number of thioether (sulfide) groups is 1. The van der Waals surface area contributed by atoms with E-state index in [0.717, 1.165) is 11.5 Å². The van der Waals surface area contributed by atoms with Crippen molar-refractivity contribution in [3.8, 4) is 0 Å². The van der Waals surface area contributed by atoms with Gasteiger partial charge in [-0.05, 0) is 6.92 Å². The lowest BCUT2D eigenvalue weighted by molar-refractivity contribution is -0.141. The molecule has 0 aromatic heterocycles. The first-order valence-electron chi connectivity index (χ1n) is 5.52. The van der Waals surface area contributed by atoms with E-state index >= 15 is 0 Å². The fourth-order valence-corrected chi connectivity index (χ4v) is 1.70. The van der Waals surface area contributed by atoms with Crippen LogP contribution in [0.5, 0.6) is 0 Å². The molecule has 7 heteroatoms. The van der Waals surface area contributed by atoms with Crippen LogP contribution in [0.2, 0.25) is 0 Å². The number of carboxylic acid groups (broad SMARTS) is 1. The van der Waals surface area contributed by atoms with E-state index in [2.05, 4.69) is 17.2 Å². The van der Waals surface area contributed by atoms with Crippen LogP contribution in [0.3, 0.4) is 0 Å². The van der Waals surface area contributed by atoms with Crippen LogP contribution in [0, 0.1) is 0 Å². The van der Waals surface area contributed by atoms with Crippen LogP contribution in [-0.4, -0.2) is 52.4 Å². The maximum Gasteiger partial charge on any atom is 0.314 e. The van der Waals surface area contributed by atoms with Crippen LogP contribution in [0.15, 0.2) is 12.7 Å². The largest absolute Gasteiger partial charge is 0.481 e. The summed E-state index contributed by atoms with van der Waals surface area (Å²) >= 11 is 1.64. The van der Waals surface area contributed by atoms with Gasteiger partial charge in [-0.2, -0.15) is 11.8 Å². The van der Waals surface area contributed by atoms with E-state index in [0.29, 0.717) is 6.54 Å². The molecule has 4 N–H and O–H groups in total. The number of aliphatic carboxylic acids is 1. The van der Waals surface area contributed by atoms with Gasteiger partial charge in [0.1, 0.15) is 0 Å². The zero-order chi connectivity index (χ0) is 14.0. The van der Waals surface area contributed by atoms with Gasteiger partial charge in [-0.3, -0.25) is 4.79 Å². The molecule has 0 aliphatic heterocycles. The van der Waals surface area contributed by atoms with Gasteiger partial charge in [-0.15, -0.1) is 6.58 Å². The van der Waals surface area contributed by atoms with Crippen molar-refractivity contribution in [1.29, 1.82) is 0 Å². The van der Waals surface area contributed by atoms with Gasteiger partial charge in [0.15, 0.2) is 0 Å². The Morgan fingerprint density at radius 2 is 2.11 bits per heavy atom. The molecule has 0 saturated carbocycles. The van der Waals surface area contributed by atoms with Crippen molar-refractivity contribution in [2.75, 3.05) is 24.6 Å². The third-order valence-corrected chi connectivity index (χ3v) is 2.89. The van der Waals surface area contributed by atoms with Gasteiger partial charge < -0.3 is 20.8 Å². The van der Waals surface area contributed by atoms with E-state index in [-0.39, 0.29) is 6.54 Å². The van der Waals surface area contributed by atoms with Crippen LogP contribution in [0.4, 0.5) is 4.79 Å². The lowest BCUT2D eigenvalue weighted by atomic mass is 10.0. The lowest BCUT2D eigenvalue weighted by Gasteiger charge is -2.21. The first-order chi connectivity index (χ1) is 8.37. The second-order valence-electron chi connectivity index (χ2n) is 4.04. The number of hydrogen-bond donors (Lipinski definition) is 4. The number of carboxylic acids is 1. The Bertz CT molecular complexity index is 295. The maximum absolute atomic E-state index is 11.3. The minimum atomic E-state index is -1.44. The molecule has 0 fully saturated rings. The highest BCUT2D eigenvalue weighted by Gasteiger charge is 2.24. The molecule has 0 aliphatic rings. The quantitative estimate of drug-likeness (QED) is 0.361. The highest BCUT2D eigenvalue weighted by molar-refractivity contribution is 7.99. The van der Waals surface area contributed by atoms with Gasteiger partial charge in [0.2, 0.25) is 0 Å². The zero-order valence-electron chi connectivity index (χ0n) is 10.4. The third kappa shape index (κ3) is 9.98. The summed E-state index contributed by atoms with van der Waals surface area (Å²) in [6.45, 7) is 5.34. The molecule has 0 bridgehead atoms. The minimum absolute atomic E-state index is 0.106. The molecule has 0 aromatic rings. The summed E-state index contributed by atoms with van der Waals surface area (Å²) in [6, 6.07) is -0.417. The summed E-state index contributed by atoms with van der Waals surface area (Å²) in [5.41, 5.74) is -1.44. The summed E-state index contributed by atoms with van der Waals surface area (Å²) in [7, 11) is 0. The molecule has 0 heterocycles. The van der Waals surface area contributed by atoms with Gasteiger partial charge in [0.05, 0.1) is 12.0 Å². The van der Waals surface area contributed by atoms with Crippen LogP contribution in [0.1, 0.15) is 13.3 Å². The standard InChI is InChI=1S/C11H20N2O4S/c1-3-5-18-6-4-12-10(16)13-8-11(2,17)7-9(14)15/h3,17H,1,4-8H2,2H3,(H,14,15)(H2,12,13,16). The molecular formula is C11H20N2O4S. The van der Waals surface area contributed by atoms with E-state index in [1.54, 1.807) is 17.8 Å². The molecule has 0 saturated heterocycles. The van der Waals surface area contributed by atoms with Gasteiger partial charge in [-0.25, -0.2) is 4.79 Å². The Balaban J connectivity index is 3.69. The molecule has 0 aliphatic carbocycles. The molecule has 0 radical (unpaired) electrons. The Hall–Kier alpha value is -1.21. The molecule has 2 amide bonds. The molecule has 1 atom stereocenters. The second kappa shape index (κ2) is 8.82. The molecule has 0 aromatic carbocycles. The van der Waals surface area contributed by atoms with Crippen molar-refractivity contribution in [3.05, 3.63) is 12.7 Å². The smallest absolute Gasteiger partial charge is 0.314 e. The summed E-state index contributed by atoms with van der Waals surface area (Å²) in [6.07, 6.45) is 1.37. The molecule has 6 nitrogen and oxygen atoms in total. The highest BCUT2D eigenvalue weighted by atomic mass is 32.2.